The highest BCUT2D eigenvalue weighted by Crippen LogP contribution is 2.28. The monoisotopic (exact) mass is 181 g/mol. The van der Waals surface area contributed by atoms with Crippen LogP contribution in [0.25, 0.3) is 0 Å². The molecule has 0 amide bonds. The topological polar surface area (TPSA) is 20.3 Å². The van der Waals surface area contributed by atoms with E-state index >= 15 is 0 Å². The highest BCUT2D eigenvalue weighted by atomic mass is 16.1. The van der Waals surface area contributed by atoms with E-state index < -0.39 is 0 Å². The van der Waals surface area contributed by atoms with Crippen LogP contribution in [0.2, 0.25) is 0 Å². The van der Waals surface area contributed by atoms with Crippen molar-refractivity contribution in [3.63, 3.8) is 0 Å². The van der Waals surface area contributed by atoms with E-state index in [1.54, 1.807) is 0 Å². The van der Waals surface area contributed by atoms with Crippen molar-refractivity contribution in [3.05, 3.63) is 0 Å². The maximum Gasteiger partial charge on any atom is 0.137 e. The van der Waals surface area contributed by atoms with Crippen LogP contribution in [0.15, 0.2) is 0 Å². The minimum Gasteiger partial charge on any atom is -0.302 e. The van der Waals surface area contributed by atoms with E-state index in [0.29, 0.717) is 0 Å². The first-order valence-electron chi connectivity index (χ1n) is 5.63. The van der Waals surface area contributed by atoms with Crippen LogP contribution in [0, 0.1) is 0 Å². The Morgan fingerprint density at radius 1 is 1.00 bits per heavy atom. The molecule has 0 aromatic carbocycles. The summed E-state index contributed by atoms with van der Waals surface area (Å²) in [7, 11) is 0. The van der Waals surface area contributed by atoms with Gasteiger partial charge in [-0.1, -0.05) is 19.3 Å². The van der Waals surface area contributed by atoms with Crippen molar-refractivity contribution < 1.29 is 4.79 Å². The molecular formula is C11H19NO. The van der Waals surface area contributed by atoms with Gasteiger partial charge in [0.1, 0.15) is 6.29 Å². The molecule has 2 fully saturated rings. The minimum atomic E-state index is 0.253. The molecule has 2 aliphatic rings. The van der Waals surface area contributed by atoms with Gasteiger partial charge in [-0.25, -0.2) is 0 Å². The van der Waals surface area contributed by atoms with Crippen molar-refractivity contribution in [2.45, 2.75) is 57.0 Å². The normalized spacial score (nSPS) is 32.2. The third-order valence-electron chi connectivity index (χ3n) is 3.54. The molecule has 1 saturated heterocycles. The smallest absolute Gasteiger partial charge is 0.137 e. The van der Waals surface area contributed by atoms with E-state index in [1.807, 2.05) is 0 Å². The average molecular weight is 181 g/mol. The summed E-state index contributed by atoms with van der Waals surface area (Å²) in [6.07, 6.45) is 10.3. The number of aldehydes is 1. The Morgan fingerprint density at radius 2 is 1.77 bits per heavy atom. The molecule has 1 atom stereocenters. The Labute approximate surface area is 80.3 Å². The Hall–Kier alpha value is -0.370. The summed E-state index contributed by atoms with van der Waals surface area (Å²) < 4.78 is 0. The van der Waals surface area contributed by atoms with Crippen molar-refractivity contribution in [3.8, 4) is 0 Å². The predicted molar refractivity (Wildman–Crippen MR) is 52.7 cm³/mol. The fourth-order valence-electron chi connectivity index (χ4n) is 2.83. The quantitative estimate of drug-likeness (QED) is 0.607. The predicted octanol–water partition coefficient (Wildman–Crippen LogP) is 1.98. The van der Waals surface area contributed by atoms with E-state index in [0.717, 1.165) is 25.3 Å². The summed E-state index contributed by atoms with van der Waals surface area (Å²) in [5, 5.41) is 0. The van der Waals surface area contributed by atoms with Crippen LogP contribution in [0.5, 0.6) is 0 Å². The second kappa shape index (κ2) is 4.23. The third kappa shape index (κ3) is 1.93. The van der Waals surface area contributed by atoms with Crippen molar-refractivity contribution in [2.75, 3.05) is 6.54 Å². The lowest BCUT2D eigenvalue weighted by atomic mass is 9.94. The second-order valence-electron chi connectivity index (χ2n) is 4.38. The largest absolute Gasteiger partial charge is 0.302 e. The van der Waals surface area contributed by atoms with Gasteiger partial charge >= 0.3 is 0 Å². The van der Waals surface area contributed by atoms with Crippen LogP contribution < -0.4 is 0 Å². The molecule has 74 valence electrons. The number of nitrogens with zero attached hydrogens (tertiary/aromatic N) is 1. The first-order chi connectivity index (χ1) is 6.42. The van der Waals surface area contributed by atoms with Crippen molar-refractivity contribution >= 4 is 6.29 Å². The van der Waals surface area contributed by atoms with Gasteiger partial charge in [0.2, 0.25) is 0 Å². The molecule has 1 unspecified atom stereocenters. The summed E-state index contributed by atoms with van der Waals surface area (Å²) in [5.41, 5.74) is 0. The zero-order chi connectivity index (χ0) is 9.10. The molecule has 13 heavy (non-hydrogen) atoms. The van der Waals surface area contributed by atoms with Gasteiger partial charge in [0, 0.05) is 6.04 Å². The summed E-state index contributed by atoms with van der Waals surface area (Å²) in [6.45, 7) is 1.16. The zero-order valence-corrected chi connectivity index (χ0v) is 8.24. The number of carbonyl (C=O) groups is 1. The number of hydrogen-bond donors (Lipinski definition) is 0. The fraction of sp³-hybridized carbons (Fsp3) is 0.909. The third-order valence-corrected chi connectivity index (χ3v) is 3.54. The van der Waals surface area contributed by atoms with Crippen LogP contribution in [0.3, 0.4) is 0 Å². The molecule has 1 aliphatic carbocycles. The van der Waals surface area contributed by atoms with E-state index in [-0.39, 0.29) is 6.04 Å². The fourth-order valence-corrected chi connectivity index (χ4v) is 2.83. The maximum absolute atomic E-state index is 10.8. The molecule has 0 aromatic heterocycles. The van der Waals surface area contributed by atoms with Gasteiger partial charge in [-0.2, -0.15) is 0 Å². The summed E-state index contributed by atoms with van der Waals surface area (Å²) in [6, 6.07) is 0.981. The summed E-state index contributed by atoms with van der Waals surface area (Å²) in [4.78, 5) is 13.3. The second-order valence-corrected chi connectivity index (χ2v) is 4.38. The van der Waals surface area contributed by atoms with Crippen LogP contribution in [-0.4, -0.2) is 29.8 Å². The number of likely N-dealkylation sites (tertiary alicyclic amines) is 1. The average Bonchev–Trinajstić information content (AvgIpc) is 2.67. The van der Waals surface area contributed by atoms with E-state index in [9.17, 15) is 4.79 Å². The molecule has 1 heterocycles. The van der Waals surface area contributed by atoms with Crippen molar-refractivity contribution in [1.82, 2.24) is 4.90 Å². The molecule has 1 aliphatic heterocycles. The highest BCUT2D eigenvalue weighted by Gasteiger charge is 2.30. The van der Waals surface area contributed by atoms with E-state index in [4.69, 9.17) is 0 Å². The Balaban J connectivity index is 1.93. The molecule has 0 aromatic rings. The molecule has 0 bridgehead atoms. The van der Waals surface area contributed by atoms with Crippen LogP contribution in [0.1, 0.15) is 44.9 Å². The summed E-state index contributed by atoms with van der Waals surface area (Å²) in [5.74, 6) is 0. The van der Waals surface area contributed by atoms with Gasteiger partial charge < -0.3 is 4.79 Å². The van der Waals surface area contributed by atoms with E-state index in [2.05, 4.69) is 4.90 Å². The molecule has 0 N–H and O–H groups in total. The van der Waals surface area contributed by atoms with Crippen LogP contribution in [0.4, 0.5) is 0 Å². The van der Waals surface area contributed by atoms with E-state index in [1.165, 1.54) is 38.5 Å². The molecule has 1 saturated carbocycles. The van der Waals surface area contributed by atoms with Gasteiger partial charge in [-0.05, 0) is 32.2 Å². The standard InChI is InChI=1S/C11H19NO/c13-9-11-7-4-8-12(11)10-5-2-1-3-6-10/h9-11H,1-8H2. The van der Waals surface area contributed by atoms with Crippen molar-refractivity contribution in [2.24, 2.45) is 0 Å². The maximum atomic E-state index is 10.8. The van der Waals surface area contributed by atoms with Gasteiger partial charge in [0.25, 0.3) is 0 Å². The summed E-state index contributed by atoms with van der Waals surface area (Å²) >= 11 is 0. The van der Waals surface area contributed by atoms with Crippen LogP contribution in [-0.2, 0) is 4.79 Å². The SMILES string of the molecule is O=CC1CCCN1C1CCCCC1. The zero-order valence-electron chi connectivity index (χ0n) is 8.24. The Kier molecular flexibility index (Phi) is 2.99. The first-order valence-corrected chi connectivity index (χ1v) is 5.63. The molecule has 2 heteroatoms. The highest BCUT2D eigenvalue weighted by molar-refractivity contribution is 5.58. The molecule has 2 rings (SSSR count). The Morgan fingerprint density at radius 3 is 2.46 bits per heavy atom. The lowest BCUT2D eigenvalue weighted by molar-refractivity contribution is -0.112. The molecule has 2 nitrogen and oxygen atoms in total. The van der Waals surface area contributed by atoms with Gasteiger partial charge in [0.05, 0.1) is 6.04 Å². The van der Waals surface area contributed by atoms with Gasteiger partial charge in [-0.3, -0.25) is 4.90 Å². The van der Waals surface area contributed by atoms with Crippen LogP contribution >= 0.6 is 0 Å². The number of hydrogen-bond acceptors (Lipinski definition) is 2. The molecule has 0 radical (unpaired) electrons. The number of rotatable bonds is 2. The molecular weight excluding hydrogens is 162 g/mol. The van der Waals surface area contributed by atoms with Crippen molar-refractivity contribution in [1.29, 1.82) is 0 Å². The van der Waals surface area contributed by atoms with Gasteiger partial charge in [0.15, 0.2) is 0 Å². The molecule has 0 spiro atoms. The first kappa shape index (κ1) is 9.20. The minimum absolute atomic E-state index is 0.253. The van der Waals surface area contributed by atoms with Gasteiger partial charge in [-0.15, -0.1) is 0 Å². The lowest BCUT2D eigenvalue weighted by Crippen LogP contribution is -2.40. The lowest BCUT2D eigenvalue weighted by Gasteiger charge is -2.33. The Bertz CT molecular complexity index is 175. The number of carbonyl (C=O) groups excluding carboxylic acids is 1.